The highest BCUT2D eigenvalue weighted by Crippen LogP contribution is 2.31. The minimum Gasteiger partial charge on any atom is -0.494 e. The van der Waals surface area contributed by atoms with E-state index in [0.717, 1.165) is 16.9 Å². The van der Waals surface area contributed by atoms with Gasteiger partial charge < -0.3 is 16.2 Å². The molecule has 0 spiro atoms. The SMILES string of the molecule is COc1cc(N)ccc1/N=N/c1ccc(N)c(C)c1. The summed E-state index contributed by atoms with van der Waals surface area (Å²) < 4.78 is 5.20. The number of nitrogens with two attached hydrogens (primary N) is 2. The van der Waals surface area contributed by atoms with Gasteiger partial charge in [-0.1, -0.05) is 0 Å². The Bertz CT molecular complexity index is 623. The monoisotopic (exact) mass is 256 g/mol. The summed E-state index contributed by atoms with van der Waals surface area (Å²) in [6.07, 6.45) is 0. The number of hydrogen-bond acceptors (Lipinski definition) is 5. The van der Waals surface area contributed by atoms with Crippen LogP contribution < -0.4 is 16.2 Å². The summed E-state index contributed by atoms with van der Waals surface area (Å²) in [4.78, 5) is 0. The van der Waals surface area contributed by atoms with E-state index in [1.54, 1.807) is 25.3 Å². The Kier molecular flexibility index (Phi) is 3.66. The van der Waals surface area contributed by atoms with Crippen molar-refractivity contribution in [3.05, 3.63) is 42.0 Å². The molecule has 2 rings (SSSR count). The summed E-state index contributed by atoms with van der Waals surface area (Å²) in [5, 5.41) is 8.33. The lowest BCUT2D eigenvalue weighted by atomic mass is 10.2. The highest BCUT2D eigenvalue weighted by Gasteiger charge is 2.02. The lowest BCUT2D eigenvalue weighted by Crippen LogP contribution is -1.88. The Morgan fingerprint density at radius 3 is 2.47 bits per heavy atom. The van der Waals surface area contributed by atoms with Gasteiger partial charge in [-0.25, -0.2) is 0 Å². The average molecular weight is 256 g/mol. The van der Waals surface area contributed by atoms with Crippen molar-refractivity contribution in [2.24, 2.45) is 10.2 Å². The van der Waals surface area contributed by atoms with Crippen LogP contribution in [0.1, 0.15) is 5.56 Å². The predicted molar refractivity (Wildman–Crippen MR) is 77.2 cm³/mol. The minimum atomic E-state index is 0.593. The average Bonchev–Trinajstić information content (AvgIpc) is 2.41. The van der Waals surface area contributed by atoms with E-state index in [0.29, 0.717) is 17.1 Å². The molecule has 19 heavy (non-hydrogen) atoms. The van der Waals surface area contributed by atoms with Gasteiger partial charge in [0.2, 0.25) is 0 Å². The van der Waals surface area contributed by atoms with Gasteiger partial charge >= 0.3 is 0 Å². The van der Waals surface area contributed by atoms with Crippen molar-refractivity contribution >= 4 is 22.7 Å². The third-order valence-electron chi connectivity index (χ3n) is 2.73. The molecule has 0 aliphatic carbocycles. The third-order valence-corrected chi connectivity index (χ3v) is 2.73. The molecule has 5 heteroatoms. The Balaban J connectivity index is 2.29. The van der Waals surface area contributed by atoms with Crippen molar-refractivity contribution in [1.82, 2.24) is 0 Å². The second-order valence-electron chi connectivity index (χ2n) is 4.17. The topological polar surface area (TPSA) is 86.0 Å². The van der Waals surface area contributed by atoms with Gasteiger partial charge in [0.1, 0.15) is 11.4 Å². The van der Waals surface area contributed by atoms with Crippen molar-refractivity contribution in [2.75, 3.05) is 18.6 Å². The summed E-state index contributed by atoms with van der Waals surface area (Å²) in [6, 6.07) is 10.7. The molecule has 0 amide bonds. The van der Waals surface area contributed by atoms with Crippen molar-refractivity contribution in [2.45, 2.75) is 6.92 Å². The molecular weight excluding hydrogens is 240 g/mol. The van der Waals surface area contributed by atoms with E-state index in [9.17, 15) is 0 Å². The number of nitrogens with zero attached hydrogens (tertiary/aromatic N) is 2. The number of hydrogen-bond donors (Lipinski definition) is 2. The predicted octanol–water partition coefficient (Wildman–Crippen LogP) is 3.58. The maximum absolute atomic E-state index is 5.75. The second-order valence-corrected chi connectivity index (χ2v) is 4.17. The first kappa shape index (κ1) is 12.9. The summed E-state index contributed by atoms with van der Waals surface area (Å²) in [5.41, 5.74) is 15.1. The van der Waals surface area contributed by atoms with Crippen LogP contribution in [0.15, 0.2) is 46.6 Å². The first-order valence-corrected chi connectivity index (χ1v) is 5.81. The number of methoxy groups -OCH3 is 1. The number of nitrogen functional groups attached to an aromatic ring is 2. The maximum Gasteiger partial charge on any atom is 0.148 e. The van der Waals surface area contributed by atoms with Gasteiger partial charge in [-0.05, 0) is 42.8 Å². The molecular formula is C14H16N4O. The van der Waals surface area contributed by atoms with Gasteiger partial charge in [-0.3, -0.25) is 0 Å². The lowest BCUT2D eigenvalue weighted by molar-refractivity contribution is 0.416. The maximum atomic E-state index is 5.75. The highest BCUT2D eigenvalue weighted by atomic mass is 16.5. The molecule has 98 valence electrons. The fourth-order valence-corrected chi connectivity index (χ4v) is 1.61. The van der Waals surface area contributed by atoms with Gasteiger partial charge in [-0.15, -0.1) is 5.11 Å². The Morgan fingerprint density at radius 2 is 1.79 bits per heavy atom. The van der Waals surface area contributed by atoms with Gasteiger partial charge in [0, 0.05) is 17.4 Å². The third kappa shape index (κ3) is 3.01. The van der Waals surface area contributed by atoms with Crippen LogP contribution in [0.4, 0.5) is 22.7 Å². The van der Waals surface area contributed by atoms with Crippen LogP contribution in [0, 0.1) is 6.92 Å². The van der Waals surface area contributed by atoms with Gasteiger partial charge in [0.25, 0.3) is 0 Å². The van der Waals surface area contributed by atoms with Crippen molar-refractivity contribution in [3.8, 4) is 5.75 Å². The molecule has 0 saturated carbocycles. The minimum absolute atomic E-state index is 0.593. The van der Waals surface area contributed by atoms with E-state index in [-0.39, 0.29) is 0 Å². The Labute approximate surface area is 111 Å². The molecule has 0 unspecified atom stereocenters. The van der Waals surface area contributed by atoms with E-state index in [2.05, 4.69) is 10.2 Å². The van der Waals surface area contributed by atoms with Gasteiger partial charge in [0.15, 0.2) is 0 Å². The van der Waals surface area contributed by atoms with Crippen LogP contribution in [0.25, 0.3) is 0 Å². The van der Waals surface area contributed by atoms with Gasteiger partial charge in [0.05, 0.1) is 12.8 Å². The molecule has 0 saturated heterocycles. The molecule has 4 N–H and O–H groups in total. The highest BCUT2D eigenvalue weighted by molar-refractivity contribution is 5.59. The number of anilines is 2. The number of azo groups is 1. The molecule has 5 nitrogen and oxygen atoms in total. The van der Waals surface area contributed by atoms with Crippen LogP contribution >= 0.6 is 0 Å². The van der Waals surface area contributed by atoms with E-state index in [4.69, 9.17) is 16.2 Å². The zero-order valence-corrected chi connectivity index (χ0v) is 10.9. The van der Waals surface area contributed by atoms with Crippen LogP contribution in [0.5, 0.6) is 5.75 Å². The summed E-state index contributed by atoms with van der Waals surface area (Å²) in [6.45, 7) is 1.93. The smallest absolute Gasteiger partial charge is 0.148 e. The normalized spacial score (nSPS) is 10.8. The Hall–Kier alpha value is -2.56. The standard InChI is InChI=1S/C14H16N4O/c1-9-7-11(4-5-12(9)16)17-18-13-6-3-10(15)8-14(13)19-2/h3-8H,15-16H2,1-2H3/b18-17+. The molecule has 0 aromatic heterocycles. The zero-order valence-electron chi connectivity index (χ0n) is 10.9. The Morgan fingerprint density at radius 1 is 1.00 bits per heavy atom. The van der Waals surface area contributed by atoms with Crippen LogP contribution in [0.3, 0.4) is 0 Å². The number of benzene rings is 2. The second kappa shape index (κ2) is 5.39. The molecule has 0 aliphatic rings. The van der Waals surface area contributed by atoms with Crippen molar-refractivity contribution in [3.63, 3.8) is 0 Å². The van der Waals surface area contributed by atoms with E-state index in [1.807, 2.05) is 25.1 Å². The lowest BCUT2D eigenvalue weighted by Gasteiger charge is -2.04. The first-order chi connectivity index (χ1) is 9.10. The van der Waals surface area contributed by atoms with Crippen molar-refractivity contribution < 1.29 is 4.74 Å². The molecule has 0 aliphatic heterocycles. The first-order valence-electron chi connectivity index (χ1n) is 5.81. The van der Waals surface area contributed by atoms with E-state index >= 15 is 0 Å². The van der Waals surface area contributed by atoms with Crippen LogP contribution in [0.2, 0.25) is 0 Å². The van der Waals surface area contributed by atoms with Crippen molar-refractivity contribution in [1.29, 1.82) is 0 Å². The quantitative estimate of drug-likeness (QED) is 0.650. The summed E-state index contributed by atoms with van der Waals surface area (Å²) in [5.74, 6) is 0.593. The molecule has 0 atom stereocenters. The van der Waals surface area contributed by atoms with Gasteiger partial charge in [-0.2, -0.15) is 5.11 Å². The number of ether oxygens (including phenoxy) is 1. The van der Waals surface area contributed by atoms with E-state index < -0.39 is 0 Å². The molecule has 2 aromatic carbocycles. The van der Waals surface area contributed by atoms with Crippen LogP contribution in [-0.2, 0) is 0 Å². The van der Waals surface area contributed by atoms with E-state index in [1.165, 1.54) is 0 Å². The summed E-state index contributed by atoms with van der Waals surface area (Å²) in [7, 11) is 1.57. The largest absolute Gasteiger partial charge is 0.494 e. The fraction of sp³-hybridized carbons (Fsp3) is 0.143. The van der Waals surface area contributed by atoms with Crippen LogP contribution in [-0.4, -0.2) is 7.11 Å². The summed E-state index contributed by atoms with van der Waals surface area (Å²) >= 11 is 0. The molecule has 2 aromatic rings. The number of rotatable bonds is 3. The molecule has 0 bridgehead atoms. The molecule has 0 fully saturated rings. The number of aryl methyl sites for hydroxylation is 1. The molecule has 0 radical (unpaired) electrons. The molecule has 0 heterocycles. The fourth-order valence-electron chi connectivity index (χ4n) is 1.61. The zero-order chi connectivity index (χ0) is 13.8.